The molecule has 2 heterocycles. The molecule has 26 heavy (non-hydrogen) atoms. The molecule has 1 aliphatic rings. The molecule has 0 aliphatic heterocycles. The minimum absolute atomic E-state index is 0.297. The highest BCUT2D eigenvalue weighted by molar-refractivity contribution is 5.81. The van der Waals surface area contributed by atoms with Crippen LogP contribution < -0.4 is 16.8 Å². The summed E-state index contributed by atoms with van der Waals surface area (Å²) in [7, 11) is 0. The van der Waals surface area contributed by atoms with Crippen molar-refractivity contribution < 1.29 is 0 Å². The maximum absolute atomic E-state index is 6.40. The molecule has 6 nitrogen and oxygen atoms in total. The van der Waals surface area contributed by atoms with Crippen LogP contribution in [0.1, 0.15) is 48.3 Å². The highest BCUT2D eigenvalue weighted by atomic mass is 15.3. The van der Waals surface area contributed by atoms with Gasteiger partial charge in [0.05, 0.1) is 5.69 Å². The van der Waals surface area contributed by atoms with Crippen molar-refractivity contribution in [3.8, 4) is 0 Å². The normalized spacial score (nSPS) is 20.4. The van der Waals surface area contributed by atoms with Gasteiger partial charge in [0, 0.05) is 29.7 Å². The Balaban J connectivity index is 1.84. The molecule has 1 saturated carbocycles. The van der Waals surface area contributed by atoms with Gasteiger partial charge in [-0.05, 0) is 62.6 Å². The molecule has 3 aromatic rings. The number of aromatic nitrogens is 3. The second-order valence-electron chi connectivity index (χ2n) is 7.35. The van der Waals surface area contributed by atoms with Crippen molar-refractivity contribution in [3.63, 3.8) is 0 Å². The molecular formula is C20H26N6. The number of nitrogens with one attached hydrogen (secondary N) is 1. The lowest BCUT2D eigenvalue weighted by Crippen LogP contribution is -2.26. The monoisotopic (exact) mass is 350 g/mol. The summed E-state index contributed by atoms with van der Waals surface area (Å²) in [6, 6.07) is 6.58. The molecule has 0 radical (unpaired) electrons. The van der Waals surface area contributed by atoms with E-state index in [1.54, 1.807) is 10.7 Å². The summed E-state index contributed by atoms with van der Waals surface area (Å²) < 4.78 is 1.75. The van der Waals surface area contributed by atoms with Crippen LogP contribution in [0.2, 0.25) is 0 Å². The summed E-state index contributed by atoms with van der Waals surface area (Å²) in [6.45, 7) is 4.25. The summed E-state index contributed by atoms with van der Waals surface area (Å²) in [6.07, 6.45) is 7.70. The molecule has 136 valence electrons. The molecular weight excluding hydrogens is 324 g/mol. The Morgan fingerprint density at radius 1 is 1.15 bits per heavy atom. The first-order valence-corrected chi connectivity index (χ1v) is 9.26. The van der Waals surface area contributed by atoms with E-state index in [4.69, 9.17) is 11.5 Å². The largest absolute Gasteiger partial charge is 0.382 e. The number of fused-ring (bicyclic) bond motifs is 1. The number of benzene rings is 1. The fourth-order valence-electron chi connectivity index (χ4n) is 3.94. The van der Waals surface area contributed by atoms with E-state index in [1.165, 1.54) is 11.1 Å². The van der Waals surface area contributed by atoms with Crippen molar-refractivity contribution >= 4 is 22.8 Å². The van der Waals surface area contributed by atoms with Crippen molar-refractivity contribution in [2.45, 2.75) is 51.5 Å². The predicted molar refractivity (Wildman–Crippen MR) is 106 cm³/mol. The predicted octanol–water partition coefficient (Wildman–Crippen LogP) is 3.66. The van der Waals surface area contributed by atoms with Gasteiger partial charge in [-0.1, -0.05) is 12.1 Å². The van der Waals surface area contributed by atoms with E-state index >= 15 is 0 Å². The quantitative estimate of drug-likeness (QED) is 0.670. The third-order valence-corrected chi connectivity index (χ3v) is 5.65. The molecule has 1 aromatic carbocycles. The maximum atomic E-state index is 6.40. The van der Waals surface area contributed by atoms with Crippen LogP contribution in [-0.4, -0.2) is 20.6 Å². The lowest BCUT2D eigenvalue weighted by molar-refractivity contribution is 0.396. The van der Waals surface area contributed by atoms with E-state index in [9.17, 15) is 0 Å². The Bertz CT molecular complexity index is 937. The number of anilines is 3. The van der Waals surface area contributed by atoms with Crippen molar-refractivity contribution in [2.75, 3.05) is 11.1 Å². The van der Waals surface area contributed by atoms with Gasteiger partial charge >= 0.3 is 0 Å². The highest BCUT2D eigenvalue weighted by Crippen LogP contribution is 2.41. The Morgan fingerprint density at radius 3 is 2.69 bits per heavy atom. The third-order valence-electron chi connectivity index (χ3n) is 5.65. The number of nitrogens with zero attached hydrogens (tertiary/aromatic N) is 3. The van der Waals surface area contributed by atoms with Crippen molar-refractivity contribution in [1.29, 1.82) is 0 Å². The Morgan fingerprint density at radius 2 is 1.92 bits per heavy atom. The molecule has 0 spiro atoms. The van der Waals surface area contributed by atoms with E-state index in [1.807, 2.05) is 6.20 Å². The van der Waals surface area contributed by atoms with Gasteiger partial charge in [-0.2, -0.15) is 0 Å². The summed E-state index contributed by atoms with van der Waals surface area (Å²) >= 11 is 0. The number of rotatable bonds is 3. The molecule has 1 fully saturated rings. The molecule has 1 aliphatic carbocycles. The number of nitrogen functional groups attached to an aromatic ring is 1. The van der Waals surface area contributed by atoms with Gasteiger partial charge in [0.1, 0.15) is 5.82 Å². The summed E-state index contributed by atoms with van der Waals surface area (Å²) in [5.41, 5.74) is 18.9. The standard InChI is InChI=1S/C20H26N6/c1-12-4-3-5-16(13(12)2)24-18-17(14-6-8-15(21)9-7-14)19(22)25-26-11-10-23-20(18)26/h3-5,10-11,14-15,24H,6-9,21H2,1-2H3,(H2,22,25). The van der Waals surface area contributed by atoms with Crippen LogP contribution in [0.3, 0.4) is 0 Å². The molecule has 0 unspecified atom stereocenters. The summed E-state index contributed by atoms with van der Waals surface area (Å²) in [4.78, 5) is 4.54. The van der Waals surface area contributed by atoms with Gasteiger partial charge in [0.25, 0.3) is 0 Å². The van der Waals surface area contributed by atoms with Crippen molar-refractivity contribution in [2.24, 2.45) is 5.73 Å². The van der Waals surface area contributed by atoms with Gasteiger partial charge in [-0.3, -0.25) is 0 Å². The first-order chi connectivity index (χ1) is 12.5. The molecule has 0 amide bonds. The number of imidazole rings is 1. The van der Waals surface area contributed by atoms with Gasteiger partial charge in [0.15, 0.2) is 5.65 Å². The fraction of sp³-hybridized carbons (Fsp3) is 0.400. The smallest absolute Gasteiger partial charge is 0.177 e. The second-order valence-corrected chi connectivity index (χ2v) is 7.35. The molecule has 5 N–H and O–H groups in total. The average molecular weight is 350 g/mol. The van der Waals surface area contributed by atoms with Gasteiger partial charge in [0.2, 0.25) is 0 Å². The van der Waals surface area contributed by atoms with E-state index < -0.39 is 0 Å². The van der Waals surface area contributed by atoms with Crippen LogP contribution in [0.15, 0.2) is 30.6 Å². The van der Waals surface area contributed by atoms with E-state index in [-0.39, 0.29) is 0 Å². The van der Waals surface area contributed by atoms with Crippen molar-refractivity contribution in [1.82, 2.24) is 14.6 Å². The Kier molecular flexibility index (Phi) is 4.28. The Hall–Kier alpha value is -2.60. The highest BCUT2D eigenvalue weighted by Gasteiger charge is 2.27. The lowest BCUT2D eigenvalue weighted by atomic mass is 9.81. The lowest BCUT2D eigenvalue weighted by Gasteiger charge is -2.29. The minimum atomic E-state index is 0.297. The average Bonchev–Trinajstić information content (AvgIpc) is 3.08. The van der Waals surface area contributed by atoms with Crippen LogP contribution in [0.4, 0.5) is 17.2 Å². The van der Waals surface area contributed by atoms with E-state index in [2.05, 4.69) is 47.4 Å². The fourth-order valence-corrected chi connectivity index (χ4v) is 3.94. The summed E-state index contributed by atoms with van der Waals surface area (Å²) in [5, 5.41) is 8.16. The first-order valence-electron chi connectivity index (χ1n) is 9.26. The second kappa shape index (κ2) is 6.61. The molecule has 6 heteroatoms. The molecule has 2 aromatic heterocycles. The molecule has 0 atom stereocenters. The van der Waals surface area contributed by atoms with Crippen molar-refractivity contribution in [3.05, 3.63) is 47.3 Å². The van der Waals surface area contributed by atoms with Gasteiger partial charge in [-0.25, -0.2) is 9.50 Å². The third kappa shape index (κ3) is 2.90. The zero-order valence-corrected chi connectivity index (χ0v) is 15.4. The van der Waals surface area contributed by atoms with E-state index in [0.29, 0.717) is 17.8 Å². The van der Waals surface area contributed by atoms with Crippen LogP contribution in [0.25, 0.3) is 5.65 Å². The molecule has 0 bridgehead atoms. The first kappa shape index (κ1) is 16.8. The van der Waals surface area contributed by atoms with Crippen LogP contribution in [0, 0.1) is 13.8 Å². The van der Waals surface area contributed by atoms with Gasteiger partial charge in [-0.15, -0.1) is 5.10 Å². The van der Waals surface area contributed by atoms with Gasteiger partial charge < -0.3 is 16.8 Å². The molecule has 0 saturated heterocycles. The number of hydrogen-bond acceptors (Lipinski definition) is 5. The summed E-state index contributed by atoms with van der Waals surface area (Å²) in [5.74, 6) is 0.931. The number of aryl methyl sites for hydroxylation is 1. The van der Waals surface area contributed by atoms with E-state index in [0.717, 1.165) is 48.3 Å². The number of hydrogen-bond donors (Lipinski definition) is 3. The number of nitrogens with two attached hydrogens (primary N) is 2. The van der Waals surface area contributed by atoms with Crippen LogP contribution in [-0.2, 0) is 0 Å². The molecule has 4 rings (SSSR count). The Labute approximate surface area is 153 Å². The zero-order chi connectivity index (χ0) is 18.3. The maximum Gasteiger partial charge on any atom is 0.177 e. The van der Waals surface area contributed by atoms with Crippen LogP contribution in [0.5, 0.6) is 0 Å². The zero-order valence-electron chi connectivity index (χ0n) is 15.4. The minimum Gasteiger partial charge on any atom is -0.382 e. The van der Waals surface area contributed by atoms with Crippen LogP contribution >= 0.6 is 0 Å². The SMILES string of the molecule is Cc1cccc(Nc2c(C3CCC(N)CC3)c(N)nn3ccnc23)c1C. The topological polar surface area (TPSA) is 94.3 Å².